The molecule has 2 aromatic rings. The highest BCUT2D eigenvalue weighted by Gasteiger charge is 2.18. The number of rotatable bonds is 2. The monoisotopic (exact) mass is 335 g/mol. The van der Waals surface area contributed by atoms with Crippen molar-refractivity contribution in [3.63, 3.8) is 0 Å². The molecule has 1 aromatic heterocycles. The molecule has 0 saturated carbocycles. The van der Waals surface area contributed by atoms with Crippen LogP contribution < -0.4 is 0 Å². The number of hydrogen-bond donors (Lipinski definition) is 1. The number of halogens is 4. The summed E-state index contributed by atoms with van der Waals surface area (Å²) in [6, 6.07) is 4.37. The second-order valence-electron chi connectivity index (χ2n) is 3.58. The van der Waals surface area contributed by atoms with Gasteiger partial charge in [-0.15, -0.1) is 0 Å². The van der Waals surface area contributed by atoms with Crippen molar-refractivity contribution in [1.82, 2.24) is 4.98 Å². The SMILES string of the molecule is O=C(O)c1cc(Cl)cnc1-c1ccc(Cl)c(Cl)c1Cl. The van der Waals surface area contributed by atoms with Gasteiger partial charge < -0.3 is 5.11 Å². The van der Waals surface area contributed by atoms with Crippen LogP contribution in [0, 0.1) is 0 Å². The molecule has 0 aliphatic carbocycles. The molecule has 0 atom stereocenters. The molecule has 1 heterocycles. The van der Waals surface area contributed by atoms with Gasteiger partial charge in [-0.1, -0.05) is 46.4 Å². The summed E-state index contributed by atoms with van der Waals surface area (Å²) in [5, 5.41) is 9.96. The van der Waals surface area contributed by atoms with E-state index in [2.05, 4.69) is 4.98 Å². The van der Waals surface area contributed by atoms with Gasteiger partial charge in [0.15, 0.2) is 0 Å². The highest BCUT2D eigenvalue weighted by molar-refractivity contribution is 6.49. The number of hydrogen-bond acceptors (Lipinski definition) is 2. The van der Waals surface area contributed by atoms with Gasteiger partial charge in [0.1, 0.15) is 0 Å². The number of carbonyl (C=O) groups is 1. The van der Waals surface area contributed by atoms with E-state index in [1.165, 1.54) is 18.3 Å². The summed E-state index contributed by atoms with van der Waals surface area (Å²) in [4.78, 5) is 15.2. The van der Waals surface area contributed by atoms with Crippen LogP contribution in [-0.4, -0.2) is 16.1 Å². The molecule has 19 heavy (non-hydrogen) atoms. The lowest BCUT2D eigenvalue weighted by atomic mass is 10.1. The first-order chi connectivity index (χ1) is 8.91. The first-order valence-corrected chi connectivity index (χ1v) is 6.45. The summed E-state index contributed by atoms with van der Waals surface area (Å²) in [7, 11) is 0. The van der Waals surface area contributed by atoms with Crippen LogP contribution in [0.15, 0.2) is 24.4 Å². The van der Waals surface area contributed by atoms with Crippen molar-refractivity contribution in [1.29, 1.82) is 0 Å². The van der Waals surface area contributed by atoms with Crippen molar-refractivity contribution in [3.8, 4) is 11.3 Å². The molecule has 0 saturated heterocycles. The Morgan fingerprint density at radius 2 is 1.79 bits per heavy atom. The van der Waals surface area contributed by atoms with Crippen LogP contribution in [0.2, 0.25) is 20.1 Å². The normalized spacial score (nSPS) is 10.5. The van der Waals surface area contributed by atoms with E-state index in [1.54, 1.807) is 6.07 Å². The predicted octanol–water partition coefficient (Wildman–Crippen LogP) is 5.06. The second-order valence-corrected chi connectivity index (χ2v) is 5.18. The lowest BCUT2D eigenvalue weighted by molar-refractivity contribution is 0.0697. The topological polar surface area (TPSA) is 50.2 Å². The fraction of sp³-hybridized carbons (Fsp3) is 0. The largest absolute Gasteiger partial charge is 0.478 e. The molecule has 0 fully saturated rings. The van der Waals surface area contributed by atoms with Crippen LogP contribution in [0.3, 0.4) is 0 Å². The van der Waals surface area contributed by atoms with Gasteiger partial charge in [0, 0.05) is 11.8 Å². The Morgan fingerprint density at radius 1 is 1.11 bits per heavy atom. The fourth-order valence-corrected chi connectivity index (χ4v) is 2.31. The van der Waals surface area contributed by atoms with Gasteiger partial charge in [-0.3, -0.25) is 4.98 Å². The van der Waals surface area contributed by atoms with Gasteiger partial charge in [-0.2, -0.15) is 0 Å². The molecule has 0 unspecified atom stereocenters. The molecule has 98 valence electrons. The number of aromatic nitrogens is 1. The minimum atomic E-state index is -1.16. The van der Waals surface area contributed by atoms with Crippen molar-refractivity contribution >= 4 is 52.4 Å². The minimum Gasteiger partial charge on any atom is -0.478 e. The van der Waals surface area contributed by atoms with Gasteiger partial charge in [0.05, 0.1) is 31.3 Å². The van der Waals surface area contributed by atoms with Gasteiger partial charge in [-0.05, 0) is 18.2 Å². The Kier molecular flexibility index (Phi) is 4.21. The summed E-state index contributed by atoms with van der Waals surface area (Å²) in [6.07, 6.45) is 1.34. The molecule has 0 spiro atoms. The maximum absolute atomic E-state index is 11.2. The molecule has 0 aliphatic heterocycles. The van der Waals surface area contributed by atoms with E-state index in [4.69, 9.17) is 51.5 Å². The highest BCUT2D eigenvalue weighted by atomic mass is 35.5. The third-order valence-corrected chi connectivity index (χ3v) is 3.88. The van der Waals surface area contributed by atoms with Crippen molar-refractivity contribution in [2.24, 2.45) is 0 Å². The number of pyridine rings is 1. The summed E-state index contributed by atoms with van der Waals surface area (Å²) < 4.78 is 0. The van der Waals surface area contributed by atoms with E-state index in [0.717, 1.165) is 0 Å². The maximum atomic E-state index is 11.2. The van der Waals surface area contributed by atoms with Gasteiger partial charge in [0.25, 0.3) is 0 Å². The first-order valence-electron chi connectivity index (χ1n) is 4.94. The lowest BCUT2D eigenvalue weighted by Crippen LogP contribution is -2.02. The van der Waals surface area contributed by atoms with Crippen LogP contribution >= 0.6 is 46.4 Å². The Morgan fingerprint density at radius 3 is 2.42 bits per heavy atom. The molecule has 1 aromatic carbocycles. The summed E-state index contributed by atoms with van der Waals surface area (Å²) in [6.45, 7) is 0. The van der Waals surface area contributed by atoms with E-state index in [0.29, 0.717) is 5.56 Å². The second kappa shape index (κ2) is 5.55. The lowest BCUT2D eigenvalue weighted by Gasteiger charge is -2.09. The Bertz CT molecular complexity index is 673. The van der Waals surface area contributed by atoms with Crippen LogP contribution in [0.4, 0.5) is 0 Å². The average Bonchev–Trinajstić information content (AvgIpc) is 2.37. The zero-order valence-electron chi connectivity index (χ0n) is 9.12. The molecule has 7 heteroatoms. The van der Waals surface area contributed by atoms with Crippen LogP contribution in [0.5, 0.6) is 0 Å². The van der Waals surface area contributed by atoms with Crippen LogP contribution in [0.25, 0.3) is 11.3 Å². The van der Waals surface area contributed by atoms with Crippen molar-refractivity contribution in [2.75, 3.05) is 0 Å². The van der Waals surface area contributed by atoms with E-state index in [9.17, 15) is 4.79 Å². The zero-order valence-corrected chi connectivity index (χ0v) is 12.1. The third kappa shape index (κ3) is 2.79. The molecule has 0 bridgehead atoms. The van der Waals surface area contributed by atoms with Gasteiger partial charge >= 0.3 is 5.97 Å². The van der Waals surface area contributed by atoms with Gasteiger partial charge in [-0.25, -0.2) is 4.79 Å². The molecule has 0 radical (unpaired) electrons. The molecule has 2 rings (SSSR count). The smallest absolute Gasteiger partial charge is 0.337 e. The summed E-state index contributed by atoms with van der Waals surface area (Å²) in [5.74, 6) is -1.16. The average molecular weight is 337 g/mol. The highest BCUT2D eigenvalue weighted by Crippen LogP contribution is 2.38. The van der Waals surface area contributed by atoms with E-state index < -0.39 is 5.97 Å². The Hall–Kier alpha value is -1.000. The number of benzene rings is 1. The third-order valence-electron chi connectivity index (χ3n) is 2.38. The van der Waals surface area contributed by atoms with E-state index in [-0.39, 0.29) is 31.3 Å². The first kappa shape index (κ1) is 14.4. The van der Waals surface area contributed by atoms with Crippen LogP contribution in [0.1, 0.15) is 10.4 Å². The maximum Gasteiger partial charge on any atom is 0.337 e. The minimum absolute atomic E-state index is 0.0622. The van der Waals surface area contributed by atoms with Crippen LogP contribution in [-0.2, 0) is 0 Å². The molecular weight excluding hydrogens is 332 g/mol. The molecular formula is C12H5Cl4NO2. The Labute approximate surface area is 128 Å². The molecule has 3 nitrogen and oxygen atoms in total. The number of aromatic carboxylic acids is 1. The quantitative estimate of drug-likeness (QED) is 0.780. The van der Waals surface area contributed by atoms with Crippen molar-refractivity contribution in [3.05, 3.63) is 50.0 Å². The van der Waals surface area contributed by atoms with E-state index in [1.807, 2.05) is 0 Å². The summed E-state index contributed by atoms with van der Waals surface area (Å²) >= 11 is 23.6. The predicted molar refractivity (Wildman–Crippen MR) is 76.7 cm³/mol. The Balaban J connectivity index is 2.72. The summed E-state index contributed by atoms with van der Waals surface area (Å²) in [5.41, 5.74) is 0.499. The zero-order chi connectivity index (χ0) is 14.2. The molecule has 0 aliphatic rings. The van der Waals surface area contributed by atoms with Crippen molar-refractivity contribution < 1.29 is 9.90 Å². The molecule has 0 amide bonds. The fourth-order valence-electron chi connectivity index (χ4n) is 1.53. The van der Waals surface area contributed by atoms with Crippen molar-refractivity contribution in [2.45, 2.75) is 0 Å². The van der Waals surface area contributed by atoms with Gasteiger partial charge in [0.2, 0.25) is 0 Å². The molecule has 1 N–H and O–H groups in total. The van der Waals surface area contributed by atoms with E-state index >= 15 is 0 Å². The standard InChI is InChI=1S/C12H5Cl4NO2/c13-5-3-7(12(18)19)11(17-4-5)6-1-2-8(14)10(16)9(6)15/h1-4H,(H,18,19). The number of carboxylic acids is 1. The number of nitrogens with zero attached hydrogens (tertiary/aromatic N) is 1. The number of carboxylic acid groups (broad SMARTS) is 1.